The highest BCUT2D eigenvalue weighted by molar-refractivity contribution is 6.30. The zero-order valence-corrected chi connectivity index (χ0v) is 9.54. The largest absolute Gasteiger partial charge is 0.387 e. The zero-order chi connectivity index (χ0) is 11.3. The summed E-state index contributed by atoms with van der Waals surface area (Å²) in [4.78, 5) is 0. The lowest BCUT2D eigenvalue weighted by Gasteiger charge is -2.19. The normalized spacial score (nSPS) is 14.6. The molecule has 2 nitrogen and oxygen atoms in total. The third-order valence-electron chi connectivity index (χ3n) is 2.27. The molecule has 0 saturated heterocycles. The summed E-state index contributed by atoms with van der Waals surface area (Å²) in [6.07, 6.45) is 1.24. The Balaban J connectivity index is 2.62. The predicted octanol–water partition coefficient (Wildman–Crippen LogP) is 2.54. The van der Waals surface area contributed by atoms with Crippen molar-refractivity contribution in [3.63, 3.8) is 0 Å². The highest BCUT2D eigenvalue weighted by Crippen LogP contribution is 2.18. The summed E-state index contributed by atoms with van der Waals surface area (Å²) in [7, 11) is 0. The molecular weight excluding hydrogens is 210 g/mol. The molecule has 82 valence electrons. The highest BCUT2D eigenvalue weighted by atomic mass is 35.5. The van der Waals surface area contributed by atoms with Crippen molar-refractivity contribution in [2.75, 3.05) is 6.54 Å². The third kappa shape index (κ3) is 3.67. The summed E-state index contributed by atoms with van der Waals surface area (Å²) in [5.41, 5.74) is 0.864. The van der Waals surface area contributed by atoms with Gasteiger partial charge in [-0.3, -0.25) is 0 Å². The second kappa shape index (κ2) is 5.91. The minimum Gasteiger partial charge on any atom is -0.387 e. The molecular formula is C12H16ClNO. The van der Waals surface area contributed by atoms with E-state index in [1.54, 1.807) is 18.2 Å². The molecule has 1 aromatic carbocycles. The van der Waals surface area contributed by atoms with Crippen molar-refractivity contribution in [3.05, 3.63) is 47.5 Å². The van der Waals surface area contributed by atoms with Crippen molar-refractivity contribution in [2.45, 2.75) is 19.1 Å². The number of aliphatic hydroxyl groups excluding tert-OH is 1. The Morgan fingerprint density at radius 1 is 1.47 bits per heavy atom. The smallest absolute Gasteiger partial charge is 0.0940 e. The van der Waals surface area contributed by atoms with Gasteiger partial charge < -0.3 is 10.4 Å². The number of nitrogens with one attached hydrogen (secondary N) is 1. The van der Waals surface area contributed by atoms with Crippen LogP contribution in [0.15, 0.2) is 36.9 Å². The average molecular weight is 226 g/mol. The molecule has 0 aliphatic rings. The van der Waals surface area contributed by atoms with Crippen molar-refractivity contribution < 1.29 is 5.11 Å². The maximum atomic E-state index is 9.97. The number of halogens is 1. The summed E-state index contributed by atoms with van der Waals surface area (Å²) in [6.45, 7) is 6.23. The van der Waals surface area contributed by atoms with E-state index in [0.717, 1.165) is 5.56 Å². The van der Waals surface area contributed by atoms with Gasteiger partial charge in [-0.15, -0.1) is 6.58 Å². The lowest BCUT2D eigenvalue weighted by Crippen LogP contribution is -2.32. The topological polar surface area (TPSA) is 32.3 Å². The maximum absolute atomic E-state index is 9.97. The number of rotatable bonds is 5. The number of hydrogen-bond donors (Lipinski definition) is 2. The van der Waals surface area contributed by atoms with Gasteiger partial charge in [0.2, 0.25) is 0 Å². The molecule has 15 heavy (non-hydrogen) atoms. The van der Waals surface area contributed by atoms with Gasteiger partial charge in [-0.2, -0.15) is 0 Å². The summed E-state index contributed by atoms with van der Waals surface area (Å²) in [6, 6.07) is 7.21. The van der Waals surface area contributed by atoms with Gasteiger partial charge in [0.1, 0.15) is 0 Å². The van der Waals surface area contributed by atoms with Crippen molar-refractivity contribution in [3.8, 4) is 0 Å². The van der Waals surface area contributed by atoms with E-state index in [1.165, 1.54) is 0 Å². The first-order valence-electron chi connectivity index (χ1n) is 4.93. The number of hydrogen-bond acceptors (Lipinski definition) is 2. The molecule has 1 rings (SSSR count). The molecule has 3 heteroatoms. The molecule has 0 fully saturated rings. The SMILES string of the molecule is C=CCNC(C)C(O)c1ccc(Cl)cc1. The van der Waals surface area contributed by atoms with Crippen LogP contribution in [0.25, 0.3) is 0 Å². The Hall–Kier alpha value is -0.830. The van der Waals surface area contributed by atoms with Gasteiger partial charge in [-0.25, -0.2) is 0 Å². The van der Waals surface area contributed by atoms with Gasteiger partial charge in [0.15, 0.2) is 0 Å². The highest BCUT2D eigenvalue weighted by Gasteiger charge is 2.14. The minimum atomic E-state index is -0.526. The molecule has 0 amide bonds. The summed E-state index contributed by atoms with van der Waals surface area (Å²) in [5, 5.41) is 13.8. The van der Waals surface area contributed by atoms with Gasteiger partial charge in [0.05, 0.1) is 6.10 Å². The van der Waals surface area contributed by atoms with E-state index in [-0.39, 0.29) is 6.04 Å². The quantitative estimate of drug-likeness (QED) is 0.755. The van der Waals surface area contributed by atoms with Crippen LogP contribution in [0.2, 0.25) is 5.02 Å². The first-order valence-corrected chi connectivity index (χ1v) is 5.30. The average Bonchev–Trinajstić information content (AvgIpc) is 2.26. The summed E-state index contributed by atoms with van der Waals surface area (Å²) in [5.74, 6) is 0. The Morgan fingerprint density at radius 3 is 2.60 bits per heavy atom. The fourth-order valence-corrected chi connectivity index (χ4v) is 1.46. The number of benzene rings is 1. The van der Waals surface area contributed by atoms with Crippen LogP contribution in [-0.2, 0) is 0 Å². The third-order valence-corrected chi connectivity index (χ3v) is 2.52. The van der Waals surface area contributed by atoms with Gasteiger partial charge in [0.25, 0.3) is 0 Å². The van der Waals surface area contributed by atoms with Gasteiger partial charge in [0, 0.05) is 17.6 Å². The summed E-state index contributed by atoms with van der Waals surface area (Å²) < 4.78 is 0. The first kappa shape index (κ1) is 12.2. The standard InChI is InChI=1S/C12H16ClNO/c1-3-8-14-9(2)12(15)10-4-6-11(13)7-5-10/h3-7,9,12,14-15H,1,8H2,2H3. The van der Waals surface area contributed by atoms with Crippen LogP contribution in [0.5, 0.6) is 0 Å². The van der Waals surface area contributed by atoms with Crippen LogP contribution < -0.4 is 5.32 Å². The van der Waals surface area contributed by atoms with E-state index < -0.39 is 6.10 Å². The van der Waals surface area contributed by atoms with E-state index in [4.69, 9.17) is 11.6 Å². The zero-order valence-electron chi connectivity index (χ0n) is 8.78. The fourth-order valence-electron chi connectivity index (χ4n) is 1.33. The minimum absolute atomic E-state index is 0.0100. The van der Waals surface area contributed by atoms with Crippen molar-refractivity contribution in [2.24, 2.45) is 0 Å². The maximum Gasteiger partial charge on any atom is 0.0940 e. The van der Waals surface area contributed by atoms with Crippen LogP contribution in [0.4, 0.5) is 0 Å². The second-order valence-electron chi connectivity index (χ2n) is 3.48. The predicted molar refractivity (Wildman–Crippen MR) is 64.1 cm³/mol. The Labute approximate surface area is 95.6 Å². The van der Waals surface area contributed by atoms with Crippen LogP contribution in [0, 0.1) is 0 Å². The lowest BCUT2D eigenvalue weighted by atomic mass is 10.0. The molecule has 2 N–H and O–H groups in total. The molecule has 0 aliphatic carbocycles. The molecule has 0 saturated carbocycles. The van der Waals surface area contributed by atoms with E-state index in [9.17, 15) is 5.11 Å². The van der Waals surface area contributed by atoms with E-state index in [1.807, 2.05) is 19.1 Å². The van der Waals surface area contributed by atoms with Crippen LogP contribution >= 0.6 is 11.6 Å². The monoisotopic (exact) mass is 225 g/mol. The molecule has 0 bridgehead atoms. The molecule has 0 aliphatic heterocycles. The van der Waals surface area contributed by atoms with Crippen molar-refractivity contribution in [1.29, 1.82) is 0 Å². The van der Waals surface area contributed by atoms with Gasteiger partial charge >= 0.3 is 0 Å². The molecule has 2 atom stereocenters. The molecule has 0 radical (unpaired) electrons. The van der Waals surface area contributed by atoms with Crippen LogP contribution in [0.1, 0.15) is 18.6 Å². The Bertz CT molecular complexity index is 310. The molecule has 2 unspecified atom stereocenters. The molecule has 1 aromatic rings. The Kier molecular flexibility index (Phi) is 4.82. The lowest BCUT2D eigenvalue weighted by molar-refractivity contribution is 0.138. The van der Waals surface area contributed by atoms with Crippen LogP contribution in [-0.4, -0.2) is 17.7 Å². The van der Waals surface area contributed by atoms with Crippen LogP contribution in [0.3, 0.4) is 0 Å². The first-order chi connectivity index (χ1) is 7.15. The molecule has 0 aromatic heterocycles. The van der Waals surface area contributed by atoms with Gasteiger partial charge in [-0.1, -0.05) is 29.8 Å². The van der Waals surface area contributed by atoms with E-state index >= 15 is 0 Å². The van der Waals surface area contributed by atoms with Crippen molar-refractivity contribution >= 4 is 11.6 Å². The van der Waals surface area contributed by atoms with E-state index in [0.29, 0.717) is 11.6 Å². The molecule has 0 heterocycles. The molecule has 0 spiro atoms. The fraction of sp³-hybridized carbons (Fsp3) is 0.333. The Morgan fingerprint density at radius 2 is 2.07 bits per heavy atom. The number of aliphatic hydroxyl groups is 1. The summed E-state index contributed by atoms with van der Waals surface area (Å²) >= 11 is 5.77. The van der Waals surface area contributed by atoms with Crippen molar-refractivity contribution in [1.82, 2.24) is 5.32 Å². The van der Waals surface area contributed by atoms with Gasteiger partial charge in [-0.05, 0) is 24.6 Å². The second-order valence-corrected chi connectivity index (χ2v) is 3.92. The van der Waals surface area contributed by atoms with E-state index in [2.05, 4.69) is 11.9 Å².